The van der Waals surface area contributed by atoms with Gasteiger partial charge in [-0.2, -0.15) is 0 Å². The van der Waals surface area contributed by atoms with Gasteiger partial charge in [0.15, 0.2) is 0 Å². The molecule has 1 amide bonds. The maximum atomic E-state index is 12.6. The van der Waals surface area contributed by atoms with Gasteiger partial charge >= 0.3 is 0 Å². The summed E-state index contributed by atoms with van der Waals surface area (Å²) in [7, 11) is 0. The lowest BCUT2D eigenvalue weighted by molar-refractivity contribution is 0.0733. The molecule has 0 saturated carbocycles. The molecule has 2 aromatic rings. The van der Waals surface area contributed by atoms with Crippen molar-refractivity contribution in [2.45, 2.75) is 38.6 Å². The van der Waals surface area contributed by atoms with E-state index in [1.165, 1.54) is 11.3 Å². The largest absolute Gasteiger partial charge is 0.334 e. The SMILES string of the molecule is Cc1cc(C(=O)N2CCc3nc(C4CCCNC4)ncc3C2)cs1. The fraction of sp³-hybridized carbons (Fsp3) is 0.500. The predicted molar refractivity (Wildman–Crippen MR) is 94.4 cm³/mol. The van der Waals surface area contributed by atoms with Crippen molar-refractivity contribution in [2.75, 3.05) is 19.6 Å². The molecule has 126 valence electrons. The van der Waals surface area contributed by atoms with E-state index in [-0.39, 0.29) is 5.91 Å². The summed E-state index contributed by atoms with van der Waals surface area (Å²) in [6, 6.07) is 1.97. The van der Waals surface area contributed by atoms with Gasteiger partial charge in [-0.1, -0.05) is 0 Å². The number of hydrogen-bond donors (Lipinski definition) is 1. The molecule has 1 unspecified atom stereocenters. The Kier molecular flexibility index (Phi) is 4.33. The van der Waals surface area contributed by atoms with E-state index in [2.05, 4.69) is 10.3 Å². The third-order valence-corrected chi connectivity index (χ3v) is 5.74. The molecule has 0 aromatic carbocycles. The van der Waals surface area contributed by atoms with Crippen molar-refractivity contribution < 1.29 is 4.79 Å². The number of thiophene rings is 1. The lowest BCUT2D eigenvalue weighted by Crippen LogP contribution is -2.37. The first-order valence-electron chi connectivity index (χ1n) is 8.60. The van der Waals surface area contributed by atoms with Crippen LogP contribution in [0.5, 0.6) is 0 Å². The highest BCUT2D eigenvalue weighted by Gasteiger charge is 2.25. The van der Waals surface area contributed by atoms with Gasteiger partial charge in [0.1, 0.15) is 5.82 Å². The molecule has 5 nitrogen and oxygen atoms in total. The van der Waals surface area contributed by atoms with Gasteiger partial charge in [0.05, 0.1) is 11.3 Å². The number of aryl methyl sites for hydroxylation is 1. The average molecular weight is 342 g/mol. The zero-order valence-electron chi connectivity index (χ0n) is 13.9. The van der Waals surface area contributed by atoms with E-state index in [0.717, 1.165) is 55.1 Å². The quantitative estimate of drug-likeness (QED) is 0.911. The van der Waals surface area contributed by atoms with Crippen LogP contribution in [0.25, 0.3) is 0 Å². The molecule has 1 fully saturated rings. The molecule has 0 aliphatic carbocycles. The van der Waals surface area contributed by atoms with Gasteiger partial charge in [0.2, 0.25) is 0 Å². The molecule has 0 radical (unpaired) electrons. The number of piperidine rings is 1. The highest BCUT2D eigenvalue weighted by molar-refractivity contribution is 7.10. The first-order valence-corrected chi connectivity index (χ1v) is 9.48. The number of carbonyl (C=O) groups excluding carboxylic acids is 1. The molecule has 4 heterocycles. The third kappa shape index (κ3) is 3.08. The van der Waals surface area contributed by atoms with E-state index in [9.17, 15) is 4.79 Å². The first kappa shape index (κ1) is 15.7. The minimum atomic E-state index is 0.116. The Balaban J connectivity index is 1.50. The van der Waals surface area contributed by atoms with E-state index in [4.69, 9.17) is 4.98 Å². The summed E-state index contributed by atoms with van der Waals surface area (Å²) in [4.78, 5) is 25.1. The van der Waals surface area contributed by atoms with E-state index in [1.54, 1.807) is 11.3 Å². The van der Waals surface area contributed by atoms with E-state index in [1.807, 2.05) is 29.5 Å². The van der Waals surface area contributed by atoms with E-state index >= 15 is 0 Å². The van der Waals surface area contributed by atoms with Crippen LogP contribution < -0.4 is 5.32 Å². The molecule has 2 aliphatic heterocycles. The van der Waals surface area contributed by atoms with Crippen LogP contribution in [0.2, 0.25) is 0 Å². The van der Waals surface area contributed by atoms with Crippen LogP contribution in [0.3, 0.4) is 0 Å². The summed E-state index contributed by atoms with van der Waals surface area (Å²) < 4.78 is 0. The topological polar surface area (TPSA) is 58.1 Å². The van der Waals surface area contributed by atoms with Crippen molar-refractivity contribution in [3.63, 3.8) is 0 Å². The number of nitrogens with one attached hydrogen (secondary N) is 1. The molecule has 2 aromatic heterocycles. The summed E-state index contributed by atoms with van der Waals surface area (Å²) in [5.74, 6) is 1.51. The third-order valence-electron chi connectivity index (χ3n) is 4.88. The standard InChI is InChI=1S/C18H22N4OS/c1-12-7-14(11-24-12)18(23)22-6-4-16-15(10-22)9-20-17(21-16)13-3-2-5-19-8-13/h7,9,11,13,19H,2-6,8,10H2,1H3. The summed E-state index contributed by atoms with van der Waals surface area (Å²) in [6.07, 6.45) is 5.10. The van der Waals surface area contributed by atoms with Crippen LogP contribution in [0, 0.1) is 6.92 Å². The Hall–Kier alpha value is -1.79. The van der Waals surface area contributed by atoms with Crippen LogP contribution in [0.1, 0.15) is 51.1 Å². The van der Waals surface area contributed by atoms with Crippen LogP contribution in [-0.2, 0) is 13.0 Å². The van der Waals surface area contributed by atoms with Gasteiger partial charge in [-0.3, -0.25) is 4.79 Å². The summed E-state index contributed by atoms with van der Waals surface area (Å²) in [5, 5.41) is 5.37. The van der Waals surface area contributed by atoms with Crippen molar-refractivity contribution in [1.82, 2.24) is 20.2 Å². The minimum absolute atomic E-state index is 0.116. The van der Waals surface area contributed by atoms with Crippen LogP contribution in [-0.4, -0.2) is 40.4 Å². The second-order valence-corrected chi connectivity index (χ2v) is 7.78. The van der Waals surface area contributed by atoms with Gasteiger partial charge in [-0.05, 0) is 32.4 Å². The molecule has 1 N–H and O–H groups in total. The number of nitrogens with zero attached hydrogens (tertiary/aromatic N) is 3. The molecule has 1 atom stereocenters. The van der Waals surface area contributed by atoms with Gasteiger partial charge in [0, 0.05) is 54.0 Å². The Bertz CT molecular complexity index is 751. The number of rotatable bonds is 2. The highest BCUT2D eigenvalue weighted by atomic mass is 32.1. The van der Waals surface area contributed by atoms with E-state index in [0.29, 0.717) is 12.5 Å². The molecule has 6 heteroatoms. The molecule has 0 bridgehead atoms. The number of carbonyl (C=O) groups is 1. The molecular formula is C18H22N4OS. The van der Waals surface area contributed by atoms with Crippen LogP contribution >= 0.6 is 11.3 Å². The summed E-state index contributed by atoms with van der Waals surface area (Å²) in [5.41, 5.74) is 3.01. The lowest BCUT2D eigenvalue weighted by atomic mass is 9.98. The average Bonchev–Trinajstić information content (AvgIpc) is 3.07. The number of hydrogen-bond acceptors (Lipinski definition) is 5. The molecule has 24 heavy (non-hydrogen) atoms. The van der Waals surface area contributed by atoms with Crippen molar-refractivity contribution in [3.05, 3.63) is 45.2 Å². The normalized spacial score (nSPS) is 20.7. The van der Waals surface area contributed by atoms with Gasteiger partial charge in [-0.25, -0.2) is 9.97 Å². The second kappa shape index (κ2) is 6.61. The Morgan fingerprint density at radius 1 is 1.46 bits per heavy atom. The van der Waals surface area contributed by atoms with Crippen LogP contribution in [0.15, 0.2) is 17.6 Å². The number of aromatic nitrogens is 2. The maximum Gasteiger partial charge on any atom is 0.255 e. The molecular weight excluding hydrogens is 320 g/mol. The Morgan fingerprint density at radius 3 is 3.12 bits per heavy atom. The molecule has 0 spiro atoms. The van der Waals surface area contributed by atoms with E-state index < -0.39 is 0 Å². The van der Waals surface area contributed by atoms with Gasteiger partial charge in [-0.15, -0.1) is 11.3 Å². The molecule has 2 aliphatic rings. The highest BCUT2D eigenvalue weighted by Crippen LogP contribution is 2.24. The Labute approximate surface area is 146 Å². The Morgan fingerprint density at radius 2 is 2.38 bits per heavy atom. The number of fused-ring (bicyclic) bond motifs is 1. The zero-order chi connectivity index (χ0) is 16.5. The first-order chi connectivity index (χ1) is 11.7. The van der Waals surface area contributed by atoms with Crippen molar-refractivity contribution >= 4 is 17.2 Å². The van der Waals surface area contributed by atoms with Crippen molar-refractivity contribution in [2.24, 2.45) is 0 Å². The van der Waals surface area contributed by atoms with Gasteiger partial charge < -0.3 is 10.2 Å². The lowest BCUT2D eigenvalue weighted by Gasteiger charge is -2.29. The van der Waals surface area contributed by atoms with Crippen molar-refractivity contribution in [3.8, 4) is 0 Å². The molecule has 4 rings (SSSR count). The fourth-order valence-corrected chi connectivity index (χ4v) is 4.19. The predicted octanol–water partition coefficient (Wildman–Crippen LogP) is 2.51. The minimum Gasteiger partial charge on any atom is -0.334 e. The fourth-order valence-electron chi connectivity index (χ4n) is 3.51. The van der Waals surface area contributed by atoms with Gasteiger partial charge in [0.25, 0.3) is 5.91 Å². The number of amides is 1. The summed E-state index contributed by atoms with van der Waals surface area (Å²) in [6.45, 7) is 5.45. The van der Waals surface area contributed by atoms with Crippen LogP contribution in [0.4, 0.5) is 0 Å². The smallest absolute Gasteiger partial charge is 0.255 e. The van der Waals surface area contributed by atoms with Crippen molar-refractivity contribution in [1.29, 1.82) is 0 Å². The zero-order valence-corrected chi connectivity index (χ0v) is 14.7. The molecule has 1 saturated heterocycles. The summed E-state index contributed by atoms with van der Waals surface area (Å²) >= 11 is 1.62. The second-order valence-electron chi connectivity index (χ2n) is 6.67. The monoisotopic (exact) mass is 342 g/mol. The maximum absolute atomic E-state index is 12.6.